The zero-order valence-electron chi connectivity index (χ0n) is 11.8. The fourth-order valence-corrected chi connectivity index (χ4v) is 2.61. The zero-order chi connectivity index (χ0) is 15.2. The summed E-state index contributed by atoms with van der Waals surface area (Å²) in [5, 5.41) is 4.80. The van der Waals surface area contributed by atoms with Crippen LogP contribution in [0.4, 0.5) is 5.69 Å². The molecule has 2 aromatic heterocycles. The summed E-state index contributed by atoms with van der Waals surface area (Å²) in [6, 6.07) is 15.3. The average molecular weight is 306 g/mol. The van der Waals surface area contributed by atoms with Crippen LogP contribution < -0.4 is 5.32 Å². The lowest BCUT2D eigenvalue weighted by molar-refractivity contribution is 0.103. The minimum atomic E-state index is -0.0785. The molecule has 0 bridgehead atoms. The molecule has 0 aliphatic heterocycles. The Balaban J connectivity index is 1.73. The van der Waals surface area contributed by atoms with Crippen molar-refractivity contribution in [2.75, 3.05) is 5.32 Å². The number of benzene rings is 1. The Morgan fingerprint density at radius 1 is 1.00 bits per heavy atom. The number of aromatic nitrogens is 1. The van der Waals surface area contributed by atoms with Crippen LogP contribution in [-0.4, -0.2) is 10.9 Å². The van der Waals surface area contributed by atoms with E-state index in [9.17, 15) is 4.79 Å². The maximum atomic E-state index is 12.0. The van der Waals surface area contributed by atoms with E-state index in [-0.39, 0.29) is 5.91 Å². The van der Waals surface area contributed by atoms with Crippen LogP contribution in [0.25, 0.3) is 12.2 Å². The molecule has 1 N–H and O–H groups in total. The highest BCUT2D eigenvalue weighted by Gasteiger charge is 2.06. The molecule has 0 unspecified atom stereocenters. The van der Waals surface area contributed by atoms with Crippen molar-refractivity contribution in [2.45, 2.75) is 0 Å². The van der Waals surface area contributed by atoms with Crippen molar-refractivity contribution in [2.24, 2.45) is 0 Å². The van der Waals surface area contributed by atoms with Gasteiger partial charge in [0, 0.05) is 18.1 Å². The molecule has 0 aliphatic carbocycles. The molecule has 0 fully saturated rings. The van der Waals surface area contributed by atoms with E-state index >= 15 is 0 Å². The third-order valence-electron chi connectivity index (χ3n) is 3.06. The summed E-state index contributed by atoms with van der Waals surface area (Å²) in [5.41, 5.74) is 2.90. The highest BCUT2D eigenvalue weighted by atomic mass is 32.1. The number of nitrogens with zero attached hydrogens (tertiary/aromatic N) is 1. The molecule has 108 valence electrons. The molecule has 1 amide bonds. The summed E-state index contributed by atoms with van der Waals surface area (Å²) >= 11 is 1.43. The van der Waals surface area contributed by atoms with Crippen molar-refractivity contribution >= 4 is 35.1 Å². The number of nitrogens with one attached hydrogen (secondary N) is 1. The van der Waals surface area contributed by atoms with E-state index in [2.05, 4.69) is 10.3 Å². The maximum Gasteiger partial charge on any atom is 0.265 e. The lowest BCUT2D eigenvalue weighted by Gasteiger charge is -2.04. The van der Waals surface area contributed by atoms with Crippen molar-refractivity contribution in [3.8, 4) is 0 Å². The molecule has 0 saturated carbocycles. The van der Waals surface area contributed by atoms with E-state index in [4.69, 9.17) is 0 Å². The lowest BCUT2D eigenvalue weighted by Crippen LogP contribution is -2.09. The number of hydrogen-bond acceptors (Lipinski definition) is 3. The van der Waals surface area contributed by atoms with Crippen LogP contribution in [0.15, 0.2) is 66.3 Å². The molecule has 2 heterocycles. The van der Waals surface area contributed by atoms with Crippen LogP contribution >= 0.6 is 11.3 Å². The first kappa shape index (κ1) is 14.2. The third kappa shape index (κ3) is 3.68. The molecule has 3 aromatic rings. The summed E-state index contributed by atoms with van der Waals surface area (Å²) in [6.45, 7) is 0. The van der Waals surface area contributed by atoms with Crippen molar-refractivity contribution in [1.29, 1.82) is 0 Å². The second kappa shape index (κ2) is 6.83. The predicted molar refractivity (Wildman–Crippen MR) is 91.9 cm³/mol. The van der Waals surface area contributed by atoms with Gasteiger partial charge in [-0.05, 0) is 46.8 Å². The van der Waals surface area contributed by atoms with E-state index < -0.39 is 0 Å². The predicted octanol–water partition coefficient (Wildman–Crippen LogP) is 4.57. The largest absolute Gasteiger partial charge is 0.321 e. The minimum absolute atomic E-state index is 0.0785. The SMILES string of the molecule is O=C(Nc1cccc(/C=C/c2ccncc2)c1)c1cccs1. The first-order chi connectivity index (χ1) is 10.8. The molecule has 22 heavy (non-hydrogen) atoms. The number of anilines is 1. The smallest absolute Gasteiger partial charge is 0.265 e. The maximum absolute atomic E-state index is 12.0. The van der Waals surface area contributed by atoms with Gasteiger partial charge >= 0.3 is 0 Å². The van der Waals surface area contributed by atoms with Crippen LogP contribution in [0.3, 0.4) is 0 Å². The number of thiophene rings is 1. The monoisotopic (exact) mass is 306 g/mol. The molecule has 3 nitrogen and oxygen atoms in total. The summed E-state index contributed by atoms with van der Waals surface area (Å²) in [4.78, 5) is 16.7. The second-order valence-electron chi connectivity index (χ2n) is 4.67. The van der Waals surface area contributed by atoms with E-state index in [1.165, 1.54) is 11.3 Å². The molecule has 3 rings (SSSR count). The number of carbonyl (C=O) groups is 1. The third-order valence-corrected chi connectivity index (χ3v) is 3.93. The Hall–Kier alpha value is -2.72. The van der Waals surface area contributed by atoms with E-state index in [0.29, 0.717) is 4.88 Å². The highest BCUT2D eigenvalue weighted by Crippen LogP contribution is 2.16. The second-order valence-corrected chi connectivity index (χ2v) is 5.62. The molecular weight excluding hydrogens is 292 g/mol. The van der Waals surface area contributed by atoms with Gasteiger partial charge in [-0.15, -0.1) is 11.3 Å². The number of pyridine rings is 1. The van der Waals surface area contributed by atoms with E-state index in [1.807, 2.05) is 66.1 Å². The van der Waals surface area contributed by atoms with Gasteiger partial charge in [-0.1, -0.05) is 30.4 Å². The van der Waals surface area contributed by atoms with E-state index in [1.54, 1.807) is 12.4 Å². The van der Waals surface area contributed by atoms with Gasteiger partial charge in [0.15, 0.2) is 0 Å². The van der Waals surface area contributed by atoms with Gasteiger partial charge < -0.3 is 5.32 Å². The van der Waals surface area contributed by atoms with E-state index in [0.717, 1.165) is 16.8 Å². The number of rotatable bonds is 4. The number of amides is 1. The average Bonchev–Trinajstić information content (AvgIpc) is 3.09. The van der Waals surface area contributed by atoms with Gasteiger partial charge in [-0.2, -0.15) is 0 Å². The summed E-state index contributed by atoms with van der Waals surface area (Å²) in [7, 11) is 0. The van der Waals surface area contributed by atoms with Crippen molar-refractivity contribution in [1.82, 2.24) is 4.98 Å². The molecule has 0 spiro atoms. The molecule has 0 atom stereocenters. The highest BCUT2D eigenvalue weighted by molar-refractivity contribution is 7.12. The quantitative estimate of drug-likeness (QED) is 0.767. The minimum Gasteiger partial charge on any atom is -0.321 e. The summed E-state index contributed by atoms with van der Waals surface area (Å²) in [6.07, 6.45) is 7.55. The van der Waals surface area contributed by atoms with Gasteiger partial charge in [-0.25, -0.2) is 0 Å². The van der Waals surface area contributed by atoms with Crippen LogP contribution in [0.1, 0.15) is 20.8 Å². The van der Waals surface area contributed by atoms with Crippen molar-refractivity contribution in [3.63, 3.8) is 0 Å². The molecule has 1 aromatic carbocycles. The standard InChI is InChI=1S/C18H14N2OS/c21-18(17-5-2-12-22-17)20-16-4-1-3-15(13-16)7-6-14-8-10-19-11-9-14/h1-13H,(H,20,21)/b7-6+. The zero-order valence-corrected chi connectivity index (χ0v) is 12.6. The van der Waals surface area contributed by atoms with Gasteiger partial charge in [-0.3, -0.25) is 9.78 Å². The fraction of sp³-hybridized carbons (Fsp3) is 0. The Kier molecular flexibility index (Phi) is 4.41. The number of carbonyl (C=O) groups excluding carboxylic acids is 1. The molecule has 0 radical (unpaired) electrons. The van der Waals surface area contributed by atoms with Crippen LogP contribution in [0.5, 0.6) is 0 Å². The van der Waals surface area contributed by atoms with Crippen molar-refractivity contribution < 1.29 is 4.79 Å². The molecule has 4 heteroatoms. The van der Waals surface area contributed by atoms with Gasteiger partial charge in [0.25, 0.3) is 5.91 Å². The molecule has 0 aliphatic rings. The van der Waals surface area contributed by atoms with Crippen LogP contribution in [0, 0.1) is 0 Å². The normalized spacial score (nSPS) is 10.7. The number of hydrogen-bond donors (Lipinski definition) is 1. The van der Waals surface area contributed by atoms with Gasteiger partial charge in [0.2, 0.25) is 0 Å². The van der Waals surface area contributed by atoms with Gasteiger partial charge in [0.1, 0.15) is 0 Å². The molecular formula is C18H14N2OS. The lowest BCUT2D eigenvalue weighted by atomic mass is 10.1. The Morgan fingerprint density at radius 3 is 2.59 bits per heavy atom. The Morgan fingerprint density at radius 2 is 1.82 bits per heavy atom. The summed E-state index contributed by atoms with van der Waals surface area (Å²) < 4.78 is 0. The molecule has 0 saturated heterocycles. The topological polar surface area (TPSA) is 42.0 Å². The first-order valence-electron chi connectivity index (χ1n) is 6.84. The first-order valence-corrected chi connectivity index (χ1v) is 7.72. The fourth-order valence-electron chi connectivity index (χ4n) is 1.99. The Bertz CT molecular complexity index is 780. The van der Waals surface area contributed by atoms with Gasteiger partial charge in [0.05, 0.1) is 4.88 Å². The summed E-state index contributed by atoms with van der Waals surface area (Å²) in [5.74, 6) is -0.0785. The van der Waals surface area contributed by atoms with Crippen LogP contribution in [-0.2, 0) is 0 Å². The Labute approximate surface area is 133 Å². The van der Waals surface area contributed by atoms with Crippen LogP contribution in [0.2, 0.25) is 0 Å². The van der Waals surface area contributed by atoms with Crippen molar-refractivity contribution in [3.05, 3.63) is 82.3 Å².